The highest BCUT2D eigenvalue weighted by Gasteiger charge is 2.30. The summed E-state index contributed by atoms with van der Waals surface area (Å²) in [6.07, 6.45) is 7.98. The molecule has 1 atom stereocenters. The molecule has 3 aromatic rings. The quantitative estimate of drug-likeness (QED) is 0.603. The maximum atomic E-state index is 13.9. The predicted molar refractivity (Wildman–Crippen MR) is 117 cm³/mol. The Morgan fingerprint density at radius 1 is 1.19 bits per heavy atom. The van der Waals surface area contributed by atoms with Crippen LogP contribution in [0.2, 0.25) is 0 Å². The van der Waals surface area contributed by atoms with Crippen LogP contribution in [0, 0.1) is 5.82 Å². The number of amides is 1. The largest absolute Gasteiger partial charge is 0.478 e. The highest BCUT2D eigenvalue weighted by molar-refractivity contribution is 5.81. The summed E-state index contributed by atoms with van der Waals surface area (Å²) in [6.45, 7) is 3.03. The third-order valence-electron chi connectivity index (χ3n) is 5.44. The van der Waals surface area contributed by atoms with E-state index >= 15 is 0 Å². The Morgan fingerprint density at radius 2 is 1.94 bits per heavy atom. The van der Waals surface area contributed by atoms with Crippen molar-refractivity contribution in [3.05, 3.63) is 66.6 Å². The number of ether oxygens (including phenoxy) is 1. The fourth-order valence-corrected chi connectivity index (χ4v) is 3.72. The van der Waals surface area contributed by atoms with E-state index in [4.69, 9.17) is 4.74 Å². The second-order valence-electron chi connectivity index (χ2n) is 7.57. The summed E-state index contributed by atoms with van der Waals surface area (Å²) in [5.41, 5.74) is 0.868. The number of nitrogens with zero attached hydrogens (tertiary/aromatic N) is 5. The first-order chi connectivity index (χ1) is 15.6. The highest BCUT2D eigenvalue weighted by atomic mass is 19.1. The number of halogens is 1. The highest BCUT2D eigenvalue weighted by Crippen LogP contribution is 2.28. The SMILES string of the molecule is CC[C@@H](Oc1ccccc1F)C(=O)N1CCC(c2cncc(Nc3ncccn3)n2)CC1. The Kier molecular flexibility index (Phi) is 6.84. The maximum absolute atomic E-state index is 13.9. The van der Waals surface area contributed by atoms with Crippen LogP contribution in [-0.4, -0.2) is 49.9 Å². The van der Waals surface area contributed by atoms with Crippen molar-refractivity contribution in [1.82, 2.24) is 24.8 Å². The molecular formula is C23H25FN6O2. The second kappa shape index (κ2) is 10.1. The third-order valence-corrected chi connectivity index (χ3v) is 5.44. The van der Waals surface area contributed by atoms with Crippen LogP contribution in [0.1, 0.15) is 37.8 Å². The second-order valence-corrected chi connectivity index (χ2v) is 7.57. The van der Waals surface area contributed by atoms with E-state index in [0.29, 0.717) is 31.3 Å². The van der Waals surface area contributed by atoms with Crippen LogP contribution < -0.4 is 10.1 Å². The molecule has 0 unspecified atom stereocenters. The number of hydrogen-bond donors (Lipinski definition) is 1. The Labute approximate surface area is 185 Å². The molecule has 2 aromatic heterocycles. The van der Waals surface area contributed by atoms with Gasteiger partial charge < -0.3 is 15.0 Å². The zero-order valence-corrected chi connectivity index (χ0v) is 17.8. The van der Waals surface area contributed by atoms with E-state index in [2.05, 4.69) is 25.3 Å². The van der Waals surface area contributed by atoms with Gasteiger partial charge >= 0.3 is 0 Å². The van der Waals surface area contributed by atoms with Crippen LogP contribution in [0.4, 0.5) is 16.2 Å². The average Bonchev–Trinajstić information content (AvgIpc) is 2.84. The Balaban J connectivity index is 1.36. The van der Waals surface area contributed by atoms with Gasteiger partial charge in [-0.3, -0.25) is 9.78 Å². The van der Waals surface area contributed by atoms with Crippen LogP contribution in [0.15, 0.2) is 55.1 Å². The fourth-order valence-electron chi connectivity index (χ4n) is 3.72. The van der Waals surface area contributed by atoms with Gasteiger partial charge in [0.05, 0.1) is 11.9 Å². The zero-order chi connectivity index (χ0) is 22.3. The molecule has 1 amide bonds. The molecule has 3 heterocycles. The first kappa shape index (κ1) is 21.6. The Morgan fingerprint density at radius 3 is 2.66 bits per heavy atom. The molecule has 1 aliphatic heterocycles. The number of carbonyl (C=O) groups excluding carboxylic acids is 1. The van der Waals surface area contributed by atoms with Crippen molar-refractivity contribution < 1.29 is 13.9 Å². The number of hydrogen-bond acceptors (Lipinski definition) is 7. The molecular weight excluding hydrogens is 411 g/mol. The summed E-state index contributed by atoms with van der Waals surface area (Å²) >= 11 is 0. The number of benzene rings is 1. The standard InChI is InChI=1S/C23H25FN6O2/c1-2-19(32-20-7-4-3-6-17(20)24)22(31)30-12-8-16(9-13-30)18-14-25-15-21(28-18)29-23-26-10-5-11-27-23/h3-7,10-11,14-16,19H,2,8-9,12-13H2,1H3,(H,26,27,28,29)/t19-/m1/s1. The monoisotopic (exact) mass is 436 g/mol. The molecule has 1 saturated heterocycles. The van der Waals surface area contributed by atoms with Gasteiger partial charge in [0.25, 0.3) is 5.91 Å². The van der Waals surface area contributed by atoms with E-state index in [1.54, 1.807) is 47.9 Å². The van der Waals surface area contributed by atoms with Gasteiger partial charge in [-0.2, -0.15) is 0 Å². The number of likely N-dealkylation sites (tertiary alicyclic amines) is 1. The van der Waals surface area contributed by atoms with E-state index in [1.807, 2.05) is 6.92 Å². The smallest absolute Gasteiger partial charge is 0.263 e. The maximum Gasteiger partial charge on any atom is 0.263 e. The van der Waals surface area contributed by atoms with Gasteiger partial charge in [-0.25, -0.2) is 19.3 Å². The number of aromatic nitrogens is 4. The number of carbonyl (C=O) groups is 1. The van der Waals surface area contributed by atoms with Crippen LogP contribution in [0.3, 0.4) is 0 Å². The molecule has 8 nitrogen and oxygen atoms in total. The molecule has 0 spiro atoms. The molecule has 166 valence electrons. The summed E-state index contributed by atoms with van der Waals surface area (Å²) in [5.74, 6) is 0.751. The van der Waals surface area contributed by atoms with E-state index in [9.17, 15) is 9.18 Å². The summed E-state index contributed by atoms with van der Waals surface area (Å²) < 4.78 is 19.6. The molecule has 4 rings (SSSR count). The number of piperidine rings is 1. The van der Waals surface area contributed by atoms with Gasteiger partial charge in [0.15, 0.2) is 23.5 Å². The summed E-state index contributed by atoms with van der Waals surface area (Å²) in [5, 5.41) is 3.05. The first-order valence-electron chi connectivity index (χ1n) is 10.7. The third kappa shape index (κ3) is 5.16. The van der Waals surface area contributed by atoms with Gasteiger partial charge in [-0.15, -0.1) is 0 Å². The van der Waals surface area contributed by atoms with Crippen molar-refractivity contribution in [1.29, 1.82) is 0 Å². The van der Waals surface area contributed by atoms with E-state index in [-0.39, 0.29) is 17.6 Å². The summed E-state index contributed by atoms with van der Waals surface area (Å²) in [7, 11) is 0. The lowest BCUT2D eigenvalue weighted by atomic mass is 9.93. The Hall–Kier alpha value is -3.62. The minimum atomic E-state index is -0.707. The molecule has 0 bridgehead atoms. The van der Waals surface area contributed by atoms with Gasteiger partial charge in [0.2, 0.25) is 5.95 Å². The summed E-state index contributed by atoms with van der Waals surface area (Å²) in [4.78, 5) is 32.0. The van der Waals surface area contributed by atoms with E-state index < -0.39 is 11.9 Å². The fraction of sp³-hybridized carbons (Fsp3) is 0.348. The van der Waals surface area contributed by atoms with Crippen LogP contribution in [-0.2, 0) is 4.79 Å². The van der Waals surface area contributed by atoms with Gasteiger partial charge in [0.1, 0.15) is 0 Å². The molecule has 1 aromatic carbocycles. The molecule has 0 saturated carbocycles. The van der Waals surface area contributed by atoms with Gasteiger partial charge in [-0.1, -0.05) is 19.1 Å². The summed E-state index contributed by atoms with van der Waals surface area (Å²) in [6, 6.07) is 7.89. The van der Waals surface area contributed by atoms with E-state index in [1.165, 1.54) is 12.1 Å². The van der Waals surface area contributed by atoms with Crippen LogP contribution in [0.25, 0.3) is 0 Å². The van der Waals surface area contributed by atoms with Crippen molar-refractivity contribution in [2.75, 3.05) is 18.4 Å². The molecule has 1 aliphatic rings. The lowest BCUT2D eigenvalue weighted by molar-refractivity contribution is -0.140. The zero-order valence-electron chi connectivity index (χ0n) is 17.8. The van der Waals surface area contributed by atoms with Crippen molar-refractivity contribution in [2.45, 2.75) is 38.2 Å². The van der Waals surface area contributed by atoms with Crippen molar-refractivity contribution >= 4 is 17.7 Å². The average molecular weight is 436 g/mol. The molecule has 1 fully saturated rings. The lowest BCUT2D eigenvalue weighted by Crippen LogP contribution is -2.45. The van der Waals surface area contributed by atoms with Gasteiger partial charge in [-0.05, 0) is 37.5 Å². The normalized spacial score (nSPS) is 15.2. The van der Waals surface area contributed by atoms with E-state index in [0.717, 1.165) is 18.5 Å². The van der Waals surface area contributed by atoms with Crippen LogP contribution in [0.5, 0.6) is 5.75 Å². The molecule has 32 heavy (non-hydrogen) atoms. The molecule has 0 aliphatic carbocycles. The van der Waals surface area contributed by atoms with Crippen molar-refractivity contribution in [3.63, 3.8) is 0 Å². The van der Waals surface area contributed by atoms with Crippen molar-refractivity contribution in [2.24, 2.45) is 0 Å². The lowest BCUT2D eigenvalue weighted by Gasteiger charge is -2.33. The number of nitrogens with one attached hydrogen (secondary N) is 1. The van der Waals surface area contributed by atoms with Gasteiger partial charge in [0, 0.05) is 37.6 Å². The predicted octanol–water partition coefficient (Wildman–Crippen LogP) is 3.71. The number of anilines is 2. The van der Waals surface area contributed by atoms with Crippen LogP contribution >= 0.6 is 0 Å². The molecule has 9 heteroatoms. The number of rotatable bonds is 7. The minimum absolute atomic E-state index is 0.101. The topological polar surface area (TPSA) is 93.1 Å². The molecule has 0 radical (unpaired) electrons. The number of para-hydroxylation sites is 1. The van der Waals surface area contributed by atoms with Crippen molar-refractivity contribution in [3.8, 4) is 5.75 Å². The Bertz CT molecular complexity index is 1040. The molecule has 1 N–H and O–H groups in total. The first-order valence-corrected chi connectivity index (χ1v) is 10.7. The minimum Gasteiger partial charge on any atom is -0.478 e.